The second-order valence-electron chi connectivity index (χ2n) is 5.02. The van der Waals surface area contributed by atoms with E-state index >= 15 is 0 Å². The summed E-state index contributed by atoms with van der Waals surface area (Å²) in [5, 5.41) is 7.15. The minimum atomic E-state index is -0.314. The number of rotatable bonds is 2. The van der Waals surface area contributed by atoms with Crippen LogP contribution in [0.25, 0.3) is 5.52 Å². The quantitative estimate of drug-likeness (QED) is 0.738. The molecule has 0 bridgehead atoms. The van der Waals surface area contributed by atoms with Crippen molar-refractivity contribution in [1.29, 1.82) is 0 Å². The van der Waals surface area contributed by atoms with Crippen molar-refractivity contribution in [2.24, 2.45) is 0 Å². The van der Waals surface area contributed by atoms with Gasteiger partial charge in [0.2, 0.25) is 5.82 Å². The fraction of sp³-hybridized carbons (Fsp3) is 0.118. The molecular formula is C17H14N4O. The van der Waals surface area contributed by atoms with E-state index in [1.807, 2.05) is 19.9 Å². The number of terminal acetylenes is 1. The predicted molar refractivity (Wildman–Crippen MR) is 84.8 cm³/mol. The molecule has 108 valence electrons. The maximum Gasteiger partial charge on any atom is 0.293 e. The summed E-state index contributed by atoms with van der Waals surface area (Å²) in [6.45, 7) is 3.85. The van der Waals surface area contributed by atoms with Crippen LogP contribution < -0.4 is 5.32 Å². The van der Waals surface area contributed by atoms with Crippen LogP contribution in [0.15, 0.2) is 36.5 Å². The molecule has 3 aromatic rings. The zero-order valence-electron chi connectivity index (χ0n) is 12.3. The third-order valence-corrected chi connectivity index (χ3v) is 3.34. The van der Waals surface area contributed by atoms with Gasteiger partial charge in [-0.2, -0.15) is 5.10 Å². The molecule has 2 heterocycles. The van der Waals surface area contributed by atoms with Crippen molar-refractivity contribution < 1.29 is 4.79 Å². The fourth-order valence-electron chi connectivity index (χ4n) is 2.28. The van der Waals surface area contributed by atoms with E-state index in [1.165, 1.54) is 0 Å². The third-order valence-electron chi connectivity index (χ3n) is 3.34. The molecule has 5 nitrogen and oxygen atoms in total. The maximum absolute atomic E-state index is 12.4. The first-order valence-corrected chi connectivity index (χ1v) is 6.78. The van der Waals surface area contributed by atoms with E-state index in [2.05, 4.69) is 21.3 Å². The monoisotopic (exact) mass is 290 g/mol. The van der Waals surface area contributed by atoms with Gasteiger partial charge in [-0.05, 0) is 49.7 Å². The van der Waals surface area contributed by atoms with Gasteiger partial charge in [-0.1, -0.05) is 5.92 Å². The van der Waals surface area contributed by atoms with Gasteiger partial charge in [-0.25, -0.2) is 9.50 Å². The molecule has 0 aliphatic carbocycles. The molecule has 1 N–H and O–H groups in total. The number of nitrogens with zero attached hydrogens (tertiary/aromatic N) is 3. The average molecular weight is 290 g/mol. The Morgan fingerprint density at radius 2 is 2.00 bits per heavy atom. The lowest BCUT2D eigenvalue weighted by Gasteiger charge is -2.05. The summed E-state index contributed by atoms with van der Waals surface area (Å²) >= 11 is 0. The van der Waals surface area contributed by atoms with Crippen LogP contribution in [-0.4, -0.2) is 20.5 Å². The predicted octanol–water partition coefficient (Wildman–Crippen LogP) is 2.58. The van der Waals surface area contributed by atoms with Crippen LogP contribution in [0.4, 0.5) is 5.69 Å². The van der Waals surface area contributed by atoms with Gasteiger partial charge in [0.25, 0.3) is 5.91 Å². The molecule has 0 radical (unpaired) electrons. The summed E-state index contributed by atoms with van der Waals surface area (Å²) in [6, 6.07) is 9.01. The van der Waals surface area contributed by atoms with Gasteiger partial charge in [0.05, 0.1) is 17.4 Å². The summed E-state index contributed by atoms with van der Waals surface area (Å²) in [5.41, 5.74) is 4.09. The van der Waals surface area contributed by atoms with E-state index in [-0.39, 0.29) is 11.7 Å². The van der Waals surface area contributed by atoms with Crippen molar-refractivity contribution in [3.63, 3.8) is 0 Å². The Morgan fingerprint density at radius 3 is 2.68 bits per heavy atom. The molecule has 1 aromatic carbocycles. The summed E-state index contributed by atoms with van der Waals surface area (Å²) in [5.74, 6) is 2.47. The molecule has 0 aliphatic rings. The van der Waals surface area contributed by atoms with Gasteiger partial charge in [-0.3, -0.25) is 4.79 Å². The molecule has 22 heavy (non-hydrogen) atoms. The normalized spacial score (nSPS) is 10.4. The molecule has 3 rings (SSSR count). The Balaban J connectivity index is 1.93. The number of benzene rings is 1. The van der Waals surface area contributed by atoms with Gasteiger partial charge in [-0.15, -0.1) is 6.42 Å². The summed E-state index contributed by atoms with van der Waals surface area (Å²) in [4.78, 5) is 16.6. The Bertz CT molecular complexity index is 901. The molecule has 5 heteroatoms. The number of fused-ring (bicyclic) bond motifs is 1. The van der Waals surface area contributed by atoms with Crippen molar-refractivity contribution in [2.75, 3.05) is 5.32 Å². The fourth-order valence-corrected chi connectivity index (χ4v) is 2.28. The van der Waals surface area contributed by atoms with E-state index in [0.717, 1.165) is 22.3 Å². The average Bonchev–Trinajstić information content (AvgIpc) is 2.92. The van der Waals surface area contributed by atoms with Gasteiger partial charge in [0.15, 0.2) is 0 Å². The highest BCUT2D eigenvalue weighted by atomic mass is 16.2. The molecular weight excluding hydrogens is 276 g/mol. The van der Waals surface area contributed by atoms with Crippen LogP contribution in [0.2, 0.25) is 0 Å². The molecule has 0 atom stereocenters. The molecule has 0 spiro atoms. The molecule has 0 saturated heterocycles. The van der Waals surface area contributed by atoms with Crippen LogP contribution >= 0.6 is 0 Å². The minimum Gasteiger partial charge on any atom is -0.319 e. The first-order chi connectivity index (χ1) is 10.6. The van der Waals surface area contributed by atoms with Gasteiger partial charge >= 0.3 is 0 Å². The highest BCUT2D eigenvalue weighted by Crippen LogP contribution is 2.14. The zero-order valence-corrected chi connectivity index (χ0v) is 12.3. The number of carbonyl (C=O) groups is 1. The minimum absolute atomic E-state index is 0.253. The lowest BCUT2D eigenvalue weighted by molar-refractivity contribution is 0.101. The highest BCUT2D eigenvalue weighted by molar-refractivity contribution is 6.02. The zero-order chi connectivity index (χ0) is 15.7. The molecule has 1 amide bonds. The molecule has 2 aromatic heterocycles. The summed E-state index contributed by atoms with van der Waals surface area (Å²) < 4.78 is 1.57. The van der Waals surface area contributed by atoms with Crippen molar-refractivity contribution in [2.45, 2.75) is 13.8 Å². The number of anilines is 1. The van der Waals surface area contributed by atoms with E-state index in [9.17, 15) is 4.79 Å². The number of hydrogen-bond acceptors (Lipinski definition) is 3. The van der Waals surface area contributed by atoms with Gasteiger partial charge in [0.1, 0.15) is 0 Å². The van der Waals surface area contributed by atoms with Crippen molar-refractivity contribution >= 4 is 17.1 Å². The smallest absolute Gasteiger partial charge is 0.293 e. The lowest BCUT2D eigenvalue weighted by atomic mass is 10.2. The van der Waals surface area contributed by atoms with E-state index < -0.39 is 0 Å². The van der Waals surface area contributed by atoms with Crippen molar-refractivity contribution in [3.05, 3.63) is 59.2 Å². The van der Waals surface area contributed by atoms with Crippen LogP contribution in [0.3, 0.4) is 0 Å². The van der Waals surface area contributed by atoms with Crippen LogP contribution in [0.1, 0.15) is 27.4 Å². The third kappa shape index (κ3) is 2.42. The number of imidazole rings is 1. The number of nitrogens with one attached hydrogen (secondary N) is 1. The van der Waals surface area contributed by atoms with Crippen molar-refractivity contribution in [1.82, 2.24) is 14.6 Å². The van der Waals surface area contributed by atoms with E-state index in [0.29, 0.717) is 5.69 Å². The molecule has 0 fully saturated rings. The SMILES string of the molecule is C#Cc1ccc(NC(=O)c2ncc3c(C)cc(C)nn23)cc1. The summed E-state index contributed by atoms with van der Waals surface area (Å²) in [6.07, 6.45) is 6.96. The largest absolute Gasteiger partial charge is 0.319 e. The molecule has 0 aliphatic heterocycles. The van der Waals surface area contributed by atoms with E-state index in [4.69, 9.17) is 6.42 Å². The van der Waals surface area contributed by atoms with Gasteiger partial charge < -0.3 is 5.32 Å². The number of amides is 1. The van der Waals surface area contributed by atoms with Crippen molar-refractivity contribution in [3.8, 4) is 12.3 Å². The number of aromatic nitrogens is 3. The maximum atomic E-state index is 12.4. The topological polar surface area (TPSA) is 59.3 Å². The molecule has 0 saturated carbocycles. The highest BCUT2D eigenvalue weighted by Gasteiger charge is 2.15. The van der Waals surface area contributed by atoms with E-state index in [1.54, 1.807) is 35.0 Å². The first-order valence-electron chi connectivity index (χ1n) is 6.78. The van der Waals surface area contributed by atoms with Crippen LogP contribution in [-0.2, 0) is 0 Å². The Labute approximate surface area is 128 Å². The Kier molecular flexibility index (Phi) is 3.36. The second-order valence-corrected chi connectivity index (χ2v) is 5.02. The number of aryl methyl sites for hydroxylation is 2. The van der Waals surface area contributed by atoms with Gasteiger partial charge in [0, 0.05) is 11.3 Å². The summed E-state index contributed by atoms with van der Waals surface area (Å²) in [7, 11) is 0. The number of carbonyl (C=O) groups excluding carboxylic acids is 1. The molecule has 0 unspecified atom stereocenters. The van der Waals surface area contributed by atoms with Crippen LogP contribution in [0, 0.1) is 26.2 Å². The second kappa shape index (κ2) is 5.34. The Morgan fingerprint density at radius 1 is 1.27 bits per heavy atom. The standard InChI is InChI=1S/C17H14N4O/c1-4-13-5-7-14(8-6-13)19-17(22)16-18-10-15-11(2)9-12(3)20-21(15)16/h1,5-10H,2-3H3,(H,19,22). The first kappa shape index (κ1) is 13.8. The Hall–Kier alpha value is -3.13. The van der Waals surface area contributed by atoms with Crippen LogP contribution in [0.5, 0.6) is 0 Å². The lowest BCUT2D eigenvalue weighted by Crippen LogP contribution is -2.17. The number of hydrogen-bond donors (Lipinski definition) is 1.